The Labute approximate surface area is 135 Å². The average molecular weight is 346 g/mol. The number of nitrogens with zero attached hydrogens (tertiary/aromatic N) is 1. The van der Waals surface area contributed by atoms with Crippen molar-refractivity contribution in [2.75, 3.05) is 0 Å². The van der Waals surface area contributed by atoms with E-state index in [0.717, 1.165) is 0 Å². The molecule has 0 spiro atoms. The molecule has 102 valence electrons. The topological polar surface area (TPSA) is 33.6 Å². The van der Waals surface area contributed by atoms with Gasteiger partial charge in [0.1, 0.15) is 16.5 Å². The summed E-state index contributed by atoms with van der Waals surface area (Å²) >= 11 is 23.3. The Bertz CT molecular complexity index is 697. The number of ether oxygens (including phenoxy) is 1. The number of nitrogens with one attached hydrogen (secondary N) is 1. The second-order valence-corrected chi connectivity index (χ2v) is 5.69. The molecular weight excluding hydrogens is 339 g/mol. The van der Waals surface area contributed by atoms with Crippen LogP contribution in [0.5, 0.6) is 5.75 Å². The lowest BCUT2D eigenvalue weighted by Crippen LogP contribution is -2.33. The van der Waals surface area contributed by atoms with Crippen molar-refractivity contribution in [2.24, 2.45) is 4.99 Å². The van der Waals surface area contributed by atoms with Gasteiger partial charge in [0.05, 0.1) is 16.1 Å². The summed E-state index contributed by atoms with van der Waals surface area (Å²) in [4.78, 5) is 4.23. The smallest absolute Gasteiger partial charge is 0.193 e. The van der Waals surface area contributed by atoms with Crippen molar-refractivity contribution in [2.45, 2.75) is 6.04 Å². The van der Waals surface area contributed by atoms with Gasteiger partial charge in [-0.15, -0.1) is 0 Å². The highest BCUT2D eigenvalue weighted by Gasteiger charge is 2.31. The Hall–Kier alpha value is -1.07. The van der Waals surface area contributed by atoms with Gasteiger partial charge in [0.25, 0.3) is 0 Å². The standard InChI is InChI=1S/C13H7Cl3N2OS/c14-6-2-1-3-9(10(6)16)19-12-7(15)4-5-8-11(12)18-13(20)17-8/h1-5,8H,(H,17,20). The summed E-state index contributed by atoms with van der Waals surface area (Å²) in [5.74, 6) is 0.845. The first kappa shape index (κ1) is 13.9. The highest BCUT2D eigenvalue weighted by atomic mass is 35.5. The number of aliphatic imine (C=N–C) groups is 1. The second kappa shape index (κ2) is 5.37. The van der Waals surface area contributed by atoms with E-state index in [4.69, 9.17) is 51.8 Å². The largest absolute Gasteiger partial charge is 0.452 e. The zero-order valence-electron chi connectivity index (χ0n) is 9.86. The van der Waals surface area contributed by atoms with Gasteiger partial charge in [-0.2, -0.15) is 0 Å². The van der Waals surface area contributed by atoms with Crippen molar-refractivity contribution >= 4 is 57.8 Å². The van der Waals surface area contributed by atoms with Gasteiger partial charge in [-0.3, -0.25) is 0 Å². The number of halogens is 3. The summed E-state index contributed by atoms with van der Waals surface area (Å²) in [6.07, 6.45) is 3.60. The number of fused-ring (bicyclic) bond motifs is 1. The van der Waals surface area contributed by atoms with Crippen LogP contribution in [0.4, 0.5) is 0 Å². The van der Waals surface area contributed by atoms with E-state index in [1.807, 2.05) is 6.08 Å². The van der Waals surface area contributed by atoms with Crippen LogP contribution in [0, 0.1) is 0 Å². The Kier molecular flexibility index (Phi) is 3.73. The predicted molar refractivity (Wildman–Crippen MR) is 86.1 cm³/mol. The lowest BCUT2D eigenvalue weighted by molar-refractivity contribution is 0.450. The maximum absolute atomic E-state index is 6.18. The van der Waals surface area contributed by atoms with Crippen LogP contribution in [-0.4, -0.2) is 16.9 Å². The molecule has 3 rings (SSSR count). The van der Waals surface area contributed by atoms with Gasteiger partial charge in [0.2, 0.25) is 0 Å². The van der Waals surface area contributed by atoms with Gasteiger partial charge >= 0.3 is 0 Å². The third-order valence-electron chi connectivity index (χ3n) is 2.81. The van der Waals surface area contributed by atoms with Crippen molar-refractivity contribution < 1.29 is 4.74 Å². The minimum absolute atomic E-state index is 0.127. The van der Waals surface area contributed by atoms with Crippen LogP contribution in [0.1, 0.15) is 0 Å². The first-order valence-electron chi connectivity index (χ1n) is 5.65. The molecule has 0 bridgehead atoms. The lowest BCUT2D eigenvalue weighted by atomic mass is 10.1. The molecule has 1 N–H and O–H groups in total. The Morgan fingerprint density at radius 2 is 2.05 bits per heavy atom. The number of hydrogen-bond donors (Lipinski definition) is 1. The molecule has 1 atom stereocenters. The fraction of sp³-hybridized carbons (Fsp3) is 0.0769. The summed E-state index contributed by atoms with van der Waals surface area (Å²) < 4.78 is 5.79. The maximum Gasteiger partial charge on any atom is 0.193 e. The molecule has 1 aliphatic heterocycles. The van der Waals surface area contributed by atoms with Gasteiger partial charge in [-0.25, -0.2) is 4.99 Å². The number of thiocarbonyl (C=S) groups is 1. The molecule has 1 aromatic rings. The average Bonchev–Trinajstić information content (AvgIpc) is 2.79. The fourth-order valence-electron chi connectivity index (χ4n) is 1.90. The molecule has 2 aliphatic rings. The molecule has 1 aromatic carbocycles. The maximum atomic E-state index is 6.18. The van der Waals surface area contributed by atoms with E-state index >= 15 is 0 Å². The van der Waals surface area contributed by atoms with Crippen LogP contribution in [-0.2, 0) is 0 Å². The molecule has 3 nitrogen and oxygen atoms in total. The first-order chi connectivity index (χ1) is 9.56. The molecule has 0 amide bonds. The molecule has 0 radical (unpaired) electrons. The molecular formula is C13H7Cl3N2OS. The quantitative estimate of drug-likeness (QED) is 0.820. The van der Waals surface area contributed by atoms with Crippen LogP contribution in [0.2, 0.25) is 10.0 Å². The fourth-order valence-corrected chi connectivity index (χ4v) is 2.66. The zero-order valence-corrected chi connectivity index (χ0v) is 12.9. The highest BCUT2D eigenvalue weighted by molar-refractivity contribution is 7.80. The monoisotopic (exact) mass is 344 g/mol. The lowest BCUT2D eigenvalue weighted by Gasteiger charge is -2.19. The van der Waals surface area contributed by atoms with Crippen molar-refractivity contribution in [1.29, 1.82) is 0 Å². The number of benzene rings is 1. The van der Waals surface area contributed by atoms with E-state index in [1.54, 1.807) is 24.3 Å². The van der Waals surface area contributed by atoms with Gasteiger partial charge in [0.15, 0.2) is 10.9 Å². The molecule has 0 saturated heterocycles. The molecule has 7 heteroatoms. The SMILES string of the molecule is S=C1N=C2C(Oc3cccc(Cl)c3Cl)=C(Cl)C=CC2N1. The molecule has 1 heterocycles. The summed E-state index contributed by atoms with van der Waals surface area (Å²) in [5, 5.41) is 4.60. The second-order valence-electron chi connectivity index (χ2n) is 4.11. The van der Waals surface area contributed by atoms with Crippen LogP contribution in [0.15, 0.2) is 46.1 Å². The first-order valence-corrected chi connectivity index (χ1v) is 7.20. The molecule has 0 saturated carbocycles. The van der Waals surface area contributed by atoms with Crippen LogP contribution in [0.25, 0.3) is 0 Å². The van der Waals surface area contributed by atoms with E-state index in [-0.39, 0.29) is 6.04 Å². The Balaban J connectivity index is 2.00. The summed E-state index contributed by atoms with van der Waals surface area (Å²) in [6.45, 7) is 0. The minimum atomic E-state index is -0.127. The molecule has 0 fully saturated rings. The highest BCUT2D eigenvalue weighted by Crippen LogP contribution is 2.35. The molecule has 1 aliphatic carbocycles. The van der Waals surface area contributed by atoms with E-state index in [1.165, 1.54) is 0 Å². The molecule has 0 aromatic heterocycles. The molecule has 1 unspecified atom stereocenters. The van der Waals surface area contributed by atoms with Crippen LogP contribution >= 0.6 is 47.0 Å². The van der Waals surface area contributed by atoms with Gasteiger partial charge in [-0.05, 0) is 30.4 Å². The van der Waals surface area contributed by atoms with Crippen molar-refractivity contribution in [3.05, 3.63) is 51.2 Å². The number of rotatable bonds is 2. The zero-order chi connectivity index (χ0) is 14.3. The predicted octanol–water partition coefficient (Wildman–Crippen LogP) is 4.09. The van der Waals surface area contributed by atoms with Crippen molar-refractivity contribution in [1.82, 2.24) is 5.32 Å². The Morgan fingerprint density at radius 3 is 2.85 bits per heavy atom. The summed E-state index contributed by atoms with van der Waals surface area (Å²) in [6, 6.07) is 5.01. The molecule has 20 heavy (non-hydrogen) atoms. The van der Waals surface area contributed by atoms with Crippen LogP contribution < -0.4 is 10.1 Å². The van der Waals surface area contributed by atoms with E-state index in [0.29, 0.717) is 37.4 Å². The third kappa shape index (κ3) is 2.44. The number of hydrogen-bond acceptors (Lipinski definition) is 2. The van der Waals surface area contributed by atoms with Gasteiger partial charge < -0.3 is 10.1 Å². The van der Waals surface area contributed by atoms with Gasteiger partial charge in [0, 0.05) is 0 Å². The third-order valence-corrected chi connectivity index (χ3v) is 4.12. The summed E-state index contributed by atoms with van der Waals surface area (Å²) in [7, 11) is 0. The normalized spacial score (nSPS) is 20.6. The van der Waals surface area contributed by atoms with Crippen molar-refractivity contribution in [3.8, 4) is 5.75 Å². The minimum Gasteiger partial charge on any atom is -0.452 e. The van der Waals surface area contributed by atoms with Crippen molar-refractivity contribution in [3.63, 3.8) is 0 Å². The van der Waals surface area contributed by atoms with Crippen LogP contribution in [0.3, 0.4) is 0 Å². The van der Waals surface area contributed by atoms with E-state index in [2.05, 4.69) is 10.3 Å². The number of allylic oxidation sites excluding steroid dienone is 2. The summed E-state index contributed by atoms with van der Waals surface area (Å²) in [5.41, 5.74) is 0.638. The van der Waals surface area contributed by atoms with E-state index < -0.39 is 0 Å². The van der Waals surface area contributed by atoms with Gasteiger partial charge in [-0.1, -0.05) is 46.9 Å². The Morgan fingerprint density at radius 1 is 1.25 bits per heavy atom. The van der Waals surface area contributed by atoms with E-state index in [9.17, 15) is 0 Å².